The van der Waals surface area contributed by atoms with Crippen LogP contribution < -0.4 is 5.32 Å². The van der Waals surface area contributed by atoms with Crippen LogP contribution >= 0.6 is 23.2 Å². The molecule has 0 amide bonds. The summed E-state index contributed by atoms with van der Waals surface area (Å²) in [7, 11) is 0. The Morgan fingerprint density at radius 3 is 2.42 bits per heavy atom. The zero-order chi connectivity index (χ0) is 13.7. The third-order valence-electron chi connectivity index (χ3n) is 3.04. The maximum absolute atomic E-state index is 6.13. The maximum Gasteiger partial charge on any atom is 0.0453 e. The molecule has 0 aliphatic rings. The first kappa shape index (κ1) is 14.4. The Labute approximate surface area is 124 Å². The minimum absolute atomic E-state index is 0.682. The third kappa shape index (κ3) is 4.54. The summed E-state index contributed by atoms with van der Waals surface area (Å²) in [6.07, 6.45) is 0.905. The van der Waals surface area contributed by atoms with Gasteiger partial charge in [-0.15, -0.1) is 0 Å². The van der Waals surface area contributed by atoms with Crippen LogP contribution in [-0.4, -0.2) is 6.54 Å². The van der Waals surface area contributed by atoms with Crippen LogP contribution in [0.4, 0.5) is 0 Å². The number of nitrogens with one attached hydrogen (secondary N) is 1. The van der Waals surface area contributed by atoms with E-state index in [1.165, 1.54) is 11.1 Å². The van der Waals surface area contributed by atoms with Crippen molar-refractivity contribution in [3.63, 3.8) is 0 Å². The summed E-state index contributed by atoms with van der Waals surface area (Å²) < 4.78 is 0. The minimum Gasteiger partial charge on any atom is -0.312 e. The van der Waals surface area contributed by atoms with Crippen molar-refractivity contribution in [1.82, 2.24) is 5.32 Å². The first-order chi connectivity index (χ1) is 9.15. The number of hydrogen-bond acceptors (Lipinski definition) is 1. The monoisotopic (exact) mass is 293 g/mol. The smallest absolute Gasteiger partial charge is 0.0453 e. The first-order valence-electron chi connectivity index (χ1n) is 6.35. The fourth-order valence-electron chi connectivity index (χ4n) is 1.89. The number of aryl methyl sites for hydroxylation is 1. The fraction of sp³-hybridized carbons (Fsp3) is 0.250. The number of rotatable bonds is 5. The second-order valence-electron chi connectivity index (χ2n) is 4.65. The molecule has 0 atom stereocenters. The predicted octanol–water partition coefficient (Wildman–Crippen LogP) is 4.63. The topological polar surface area (TPSA) is 12.0 Å². The van der Waals surface area contributed by atoms with Gasteiger partial charge in [0.1, 0.15) is 0 Å². The van der Waals surface area contributed by atoms with Gasteiger partial charge in [0.25, 0.3) is 0 Å². The van der Waals surface area contributed by atoms with E-state index >= 15 is 0 Å². The van der Waals surface area contributed by atoms with E-state index in [-0.39, 0.29) is 0 Å². The second kappa shape index (κ2) is 6.95. The molecule has 1 N–H and O–H groups in total. The third-order valence-corrected chi connectivity index (χ3v) is 3.62. The highest BCUT2D eigenvalue weighted by molar-refractivity contribution is 6.35. The highest BCUT2D eigenvalue weighted by Crippen LogP contribution is 2.21. The Bertz CT molecular complexity index is 535. The average Bonchev–Trinajstić information content (AvgIpc) is 2.39. The minimum atomic E-state index is 0.682. The maximum atomic E-state index is 6.13. The SMILES string of the molecule is Cc1ccc(CNCCc2ccc(Cl)cc2Cl)cc1. The molecule has 0 aliphatic carbocycles. The molecule has 0 spiro atoms. The summed E-state index contributed by atoms with van der Waals surface area (Å²) >= 11 is 12.0. The van der Waals surface area contributed by atoms with Gasteiger partial charge in [0.2, 0.25) is 0 Å². The Hall–Kier alpha value is -1.02. The van der Waals surface area contributed by atoms with Crippen molar-refractivity contribution in [2.24, 2.45) is 0 Å². The summed E-state index contributed by atoms with van der Waals surface area (Å²) in [5.41, 5.74) is 3.71. The predicted molar refractivity (Wildman–Crippen MR) is 83.1 cm³/mol. The van der Waals surface area contributed by atoms with Crippen molar-refractivity contribution >= 4 is 23.2 Å². The van der Waals surface area contributed by atoms with Crippen molar-refractivity contribution in [2.45, 2.75) is 19.9 Å². The molecule has 0 saturated heterocycles. The molecule has 0 aromatic heterocycles. The lowest BCUT2D eigenvalue weighted by molar-refractivity contribution is 0.687. The molecule has 19 heavy (non-hydrogen) atoms. The van der Waals surface area contributed by atoms with E-state index in [4.69, 9.17) is 23.2 Å². The van der Waals surface area contributed by atoms with E-state index in [2.05, 4.69) is 36.5 Å². The van der Waals surface area contributed by atoms with Gasteiger partial charge in [-0.2, -0.15) is 0 Å². The van der Waals surface area contributed by atoms with Crippen LogP contribution in [0.1, 0.15) is 16.7 Å². The molecule has 0 saturated carbocycles. The van der Waals surface area contributed by atoms with E-state index < -0.39 is 0 Å². The second-order valence-corrected chi connectivity index (χ2v) is 5.49. The van der Waals surface area contributed by atoms with Crippen molar-refractivity contribution in [1.29, 1.82) is 0 Å². The van der Waals surface area contributed by atoms with Gasteiger partial charge < -0.3 is 5.32 Å². The molecule has 0 radical (unpaired) electrons. The van der Waals surface area contributed by atoms with Gasteiger partial charge in [0.05, 0.1) is 0 Å². The van der Waals surface area contributed by atoms with Crippen molar-refractivity contribution in [3.8, 4) is 0 Å². The van der Waals surface area contributed by atoms with E-state index in [0.29, 0.717) is 5.02 Å². The summed E-state index contributed by atoms with van der Waals surface area (Å²) in [5.74, 6) is 0. The molecule has 0 aliphatic heterocycles. The molecule has 2 aromatic rings. The van der Waals surface area contributed by atoms with Crippen LogP contribution in [0.15, 0.2) is 42.5 Å². The van der Waals surface area contributed by atoms with E-state index in [0.717, 1.165) is 30.1 Å². The van der Waals surface area contributed by atoms with Gasteiger partial charge in [-0.3, -0.25) is 0 Å². The van der Waals surface area contributed by atoms with Gasteiger partial charge in [-0.1, -0.05) is 59.1 Å². The Kier molecular flexibility index (Phi) is 5.26. The Morgan fingerprint density at radius 1 is 1.00 bits per heavy atom. The van der Waals surface area contributed by atoms with Crippen molar-refractivity contribution < 1.29 is 0 Å². The van der Waals surface area contributed by atoms with Crippen LogP contribution in [0.25, 0.3) is 0 Å². The van der Waals surface area contributed by atoms with E-state index in [9.17, 15) is 0 Å². The number of hydrogen-bond donors (Lipinski definition) is 1. The zero-order valence-electron chi connectivity index (χ0n) is 10.9. The molecular weight excluding hydrogens is 277 g/mol. The fourth-order valence-corrected chi connectivity index (χ4v) is 2.39. The van der Waals surface area contributed by atoms with E-state index in [1.807, 2.05) is 12.1 Å². The molecular formula is C16H17Cl2N. The summed E-state index contributed by atoms with van der Waals surface area (Å²) in [4.78, 5) is 0. The van der Waals surface area contributed by atoms with Gasteiger partial charge >= 0.3 is 0 Å². The van der Waals surface area contributed by atoms with Crippen LogP contribution in [0.5, 0.6) is 0 Å². The standard InChI is InChI=1S/C16H17Cl2N/c1-12-2-4-13(5-3-12)11-19-9-8-14-6-7-15(17)10-16(14)18/h2-7,10,19H,8-9,11H2,1H3. The van der Waals surface area contributed by atoms with Crippen LogP contribution in [0.2, 0.25) is 10.0 Å². The van der Waals surface area contributed by atoms with Gasteiger partial charge in [-0.25, -0.2) is 0 Å². The zero-order valence-corrected chi connectivity index (χ0v) is 12.4. The van der Waals surface area contributed by atoms with Gasteiger partial charge in [0, 0.05) is 16.6 Å². The summed E-state index contributed by atoms with van der Waals surface area (Å²) in [6.45, 7) is 3.88. The summed E-state index contributed by atoms with van der Waals surface area (Å²) in [6, 6.07) is 14.2. The van der Waals surface area contributed by atoms with Crippen molar-refractivity contribution in [2.75, 3.05) is 6.54 Å². The molecule has 0 bridgehead atoms. The highest BCUT2D eigenvalue weighted by atomic mass is 35.5. The van der Waals surface area contributed by atoms with Gasteiger partial charge in [-0.05, 0) is 43.1 Å². The molecule has 1 nitrogen and oxygen atoms in total. The molecule has 3 heteroatoms. The van der Waals surface area contributed by atoms with E-state index in [1.54, 1.807) is 6.07 Å². The van der Waals surface area contributed by atoms with Crippen LogP contribution in [0, 0.1) is 6.92 Å². The molecule has 0 unspecified atom stereocenters. The summed E-state index contributed by atoms with van der Waals surface area (Å²) in [5, 5.41) is 4.84. The first-order valence-corrected chi connectivity index (χ1v) is 7.11. The number of halogens is 2. The average molecular weight is 294 g/mol. The Morgan fingerprint density at radius 2 is 1.74 bits per heavy atom. The lowest BCUT2D eigenvalue weighted by Gasteiger charge is -2.07. The molecule has 100 valence electrons. The largest absolute Gasteiger partial charge is 0.312 e. The molecule has 2 rings (SSSR count). The quantitative estimate of drug-likeness (QED) is 0.792. The normalized spacial score (nSPS) is 10.7. The van der Waals surface area contributed by atoms with Crippen LogP contribution in [-0.2, 0) is 13.0 Å². The van der Waals surface area contributed by atoms with Gasteiger partial charge in [0.15, 0.2) is 0 Å². The van der Waals surface area contributed by atoms with Crippen molar-refractivity contribution in [3.05, 3.63) is 69.2 Å². The molecule has 0 fully saturated rings. The number of benzene rings is 2. The molecule has 2 aromatic carbocycles. The van der Waals surface area contributed by atoms with Crippen LogP contribution in [0.3, 0.4) is 0 Å². The Balaban J connectivity index is 1.79. The lowest BCUT2D eigenvalue weighted by atomic mass is 10.1. The molecule has 0 heterocycles. The lowest BCUT2D eigenvalue weighted by Crippen LogP contribution is -2.16. The highest BCUT2D eigenvalue weighted by Gasteiger charge is 2.01.